The Morgan fingerprint density at radius 2 is 2.19 bits per heavy atom. The Morgan fingerprint density at radius 1 is 1.43 bits per heavy atom. The van der Waals surface area contributed by atoms with Crippen molar-refractivity contribution >= 4 is 5.91 Å². The Hall–Kier alpha value is -1.89. The zero-order chi connectivity index (χ0) is 15.4. The molecule has 2 rings (SSSR count). The number of aryl methyl sites for hydroxylation is 1. The smallest absolute Gasteiger partial charge is 0.328 e. The van der Waals surface area contributed by atoms with Crippen molar-refractivity contribution in [3.8, 4) is 0 Å². The molecule has 1 aliphatic rings. The van der Waals surface area contributed by atoms with E-state index >= 15 is 0 Å². The van der Waals surface area contributed by atoms with Crippen LogP contribution in [0.15, 0.2) is 21.9 Å². The lowest BCUT2D eigenvalue weighted by Gasteiger charge is -2.16. The van der Waals surface area contributed by atoms with Crippen molar-refractivity contribution in [1.82, 2.24) is 14.5 Å². The molecule has 1 fully saturated rings. The van der Waals surface area contributed by atoms with E-state index in [1.165, 1.54) is 16.8 Å². The largest absolute Gasteiger partial charge is 0.341 e. The quantitative estimate of drug-likeness (QED) is 0.765. The molecule has 0 radical (unpaired) electrons. The number of amides is 1. The van der Waals surface area contributed by atoms with Gasteiger partial charge in [0.1, 0.15) is 0 Å². The number of nitrogens with one attached hydrogen (secondary N) is 1. The molecule has 1 aromatic rings. The molecule has 21 heavy (non-hydrogen) atoms. The molecule has 1 aromatic heterocycles. The zero-order valence-electron chi connectivity index (χ0n) is 12.2. The Balaban J connectivity index is 1.90. The summed E-state index contributed by atoms with van der Waals surface area (Å²) in [5.41, 5.74) is 5.13. The van der Waals surface area contributed by atoms with E-state index in [9.17, 15) is 14.4 Å². The van der Waals surface area contributed by atoms with Gasteiger partial charge in [-0.25, -0.2) is 4.79 Å². The van der Waals surface area contributed by atoms with Crippen LogP contribution in [0.1, 0.15) is 26.2 Å². The number of nitrogens with two attached hydrogens (primary N) is 1. The maximum atomic E-state index is 12.2. The predicted molar refractivity (Wildman–Crippen MR) is 78.9 cm³/mol. The van der Waals surface area contributed by atoms with Crippen LogP contribution in [0.25, 0.3) is 0 Å². The van der Waals surface area contributed by atoms with Crippen LogP contribution in [0.5, 0.6) is 0 Å². The van der Waals surface area contributed by atoms with Crippen molar-refractivity contribution in [2.45, 2.75) is 38.8 Å². The molecule has 7 heteroatoms. The molecule has 0 unspecified atom stereocenters. The van der Waals surface area contributed by atoms with E-state index in [-0.39, 0.29) is 24.9 Å². The number of hydrogen-bond acceptors (Lipinski definition) is 4. The van der Waals surface area contributed by atoms with E-state index in [1.54, 1.807) is 4.90 Å². The molecular formula is C14H22N4O3. The monoisotopic (exact) mass is 294 g/mol. The first kappa shape index (κ1) is 15.5. The van der Waals surface area contributed by atoms with E-state index < -0.39 is 11.2 Å². The highest BCUT2D eigenvalue weighted by molar-refractivity contribution is 5.76. The highest BCUT2D eigenvalue weighted by Crippen LogP contribution is 2.20. The lowest BCUT2D eigenvalue weighted by atomic mass is 9.99. The number of hydrogen-bond donors (Lipinski definition) is 2. The van der Waals surface area contributed by atoms with Gasteiger partial charge in [0.2, 0.25) is 5.91 Å². The maximum absolute atomic E-state index is 12.2. The molecule has 1 amide bonds. The van der Waals surface area contributed by atoms with E-state index in [1.807, 2.05) is 0 Å². The third kappa shape index (κ3) is 3.81. The lowest BCUT2D eigenvalue weighted by molar-refractivity contribution is -0.130. The summed E-state index contributed by atoms with van der Waals surface area (Å²) in [6.45, 7) is 3.66. The van der Waals surface area contributed by atoms with Gasteiger partial charge in [-0.05, 0) is 12.3 Å². The van der Waals surface area contributed by atoms with Gasteiger partial charge in [0.15, 0.2) is 0 Å². The van der Waals surface area contributed by atoms with Gasteiger partial charge in [-0.1, -0.05) is 13.3 Å². The summed E-state index contributed by atoms with van der Waals surface area (Å²) in [4.78, 5) is 38.6. The zero-order valence-corrected chi connectivity index (χ0v) is 12.2. The first-order valence-electron chi connectivity index (χ1n) is 7.34. The average molecular weight is 294 g/mol. The van der Waals surface area contributed by atoms with E-state index in [0.717, 1.165) is 12.8 Å². The number of likely N-dealkylation sites (tertiary alicyclic amines) is 1. The number of carbonyl (C=O) groups is 1. The summed E-state index contributed by atoms with van der Waals surface area (Å²) >= 11 is 0. The maximum Gasteiger partial charge on any atom is 0.328 e. The molecule has 0 aliphatic carbocycles. The van der Waals surface area contributed by atoms with Crippen molar-refractivity contribution in [2.24, 2.45) is 11.7 Å². The Labute approximate surface area is 122 Å². The second-order valence-electron chi connectivity index (χ2n) is 5.56. The summed E-state index contributed by atoms with van der Waals surface area (Å²) in [6.07, 6.45) is 3.74. The van der Waals surface area contributed by atoms with Crippen LogP contribution in [0, 0.1) is 5.92 Å². The van der Waals surface area contributed by atoms with Crippen LogP contribution in [-0.2, 0) is 11.3 Å². The van der Waals surface area contributed by atoms with Gasteiger partial charge < -0.3 is 15.2 Å². The Morgan fingerprint density at radius 3 is 2.86 bits per heavy atom. The minimum atomic E-state index is -0.489. The minimum Gasteiger partial charge on any atom is -0.341 e. The minimum absolute atomic E-state index is 0.00199. The third-order valence-corrected chi connectivity index (χ3v) is 3.97. The van der Waals surface area contributed by atoms with Crippen LogP contribution in [0.3, 0.4) is 0 Å². The highest BCUT2D eigenvalue weighted by atomic mass is 16.2. The summed E-state index contributed by atoms with van der Waals surface area (Å²) in [7, 11) is 0. The van der Waals surface area contributed by atoms with E-state index in [2.05, 4.69) is 11.9 Å². The molecule has 3 N–H and O–H groups in total. The predicted octanol–water partition coefficient (Wildman–Crippen LogP) is -0.487. The topological polar surface area (TPSA) is 101 Å². The first-order chi connectivity index (χ1) is 10.0. The van der Waals surface area contributed by atoms with Crippen molar-refractivity contribution in [2.75, 3.05) is 13.1 Å². The molecular weight excluding hydrogens is 272 g/mol. The number of aromatic nitrogens is 2. The van der Waals surface area contributed by atoms with Gasteiger partial charge >= 0.3 is 5.69 Å². The fourth-order valence-electron chi connectivity index (χ4n) is 2.77. The highest BCUT2D eigenvalue weighted by Gasteiger charge is 2.31. The van der Waals surface area contributed by atoms with Crippen LogP contribution in [0.2, 0.25) is 0 Å². The van der Waals surface area contributed by atoms with Crippen molar-refractivity contribution in [1.29, 1.82) is 0 Å². The number of nitrogens with zero attached hydrogens (tertiary/aromatic N) is 2. The normalized spacial score (nSPS) is 21.7. The van der Waals surface area contributed by atoms with Gasteiger partial charge in [0, 0.05) is 44.4 Å². The van der Waals surface area contributed by atoms with Crippen LogP contribution in [-0.4, -0.2) is 39.5 Å². The van der Waals surface area contributed by atoms with Gasteiger partial charge in [0.05, 0.1) is 0 Å². The SMILES string of the molecule is CCC[C@@H]1CN(C(=O)CCn2ccc(=O)[nH]c2=O)C[C@H]1N. The van der Waals surface area contributed by atoms with Gasteiger partial charge in [-0.15, -0.1) is 0 Å². The molecule has 0 spiro atoms. The van der Waals surface area contributed by atoms with Crippen molar-refractivity contribution in [3.05, 3.63) is 33.1 Å². The molecule has 2 heterocycles. The third-order valence-electron chi connectivity index (χ3n) is 3.97. The summed E-state index contributed by atoms with van der Waals surface area (Å²) in [6, 6.07) is 1.32. The first-order valence-corrected chi connectivity index (χ1v) is 7.34. The fourth-order valence-corrected chi connectivity index (χ4v) is 2.77. The summed E-state index contributed by atoms with van der Waals surface area (Å²) < 4.78 is 1.33. The summed E-state index contributed by atoms with van der Waals surface area (Å²) in [5, 5.41) is 0. The molecule has 1 saturated heterocycles. The molecule has 2 atom stereocenters. The van der Waals surface area contributed by atoms with Crippen LogP contribution >= 0.6 is 0 Å². The van der Waals surface area contributed by atoms with E-state index in [0.29, 0.717) is 19.0 Å². The van der Waals surface area contributed by atoms with Crippen molar-refractivity contribution < 1.29 is 4.79 Å². The number of aromatic amines is 1. The van der Waals surface area contributed by atoms with Crippen LogP contribution < -0.4 is 17.0 Å². The van der Waals surface area contributed by atoms with Gasteiger partial charge in [-0.3, -0.25) is 14.6 Å². The van der Waals surface area contributed by atoms with E-state index in [4.69, 9.17) is 5.73 Å². The van der Waals surface area contributed by atoms with Crippen LogP contribution in [0.4, 0.5) is 0 Å². The molecule has 0 aromatic carbocycles. The number of H-pyrrole nitrogens is 1. The molecule has 7 nitrogen and oxygen atoms in total. The van der Waals surface area contributed by atoms with Gasteiger partial charge in [0.25, 0.3) is 5.56 Å². The number of carbonyl (C=O) groups excluding carboxylic acids is 1. The fraction of sp³-hybridized carbons (Fsp3) is 0.643. The van der Waals surface area contributed by atoms with Gasteiger partial charge in [-0.2, -0.15) is 0 Å². The number of rotatable bonds is 5. The molecule has 1 aliphatic heterocycles. The standard InChI is InChI=1S/C14H22N4O3/c1-2-3-10-8-18(9-11(10)15)13(20)5-7-17-6-4-12(19)16-14(17)21/h4,6,10-11H,2-3,5,7-9,15H2,1H3,(H,16,19,21)/t10-,11-/m1/s1. The second kappa shape index (κ2) is 6.71. The second-order valence-corrected chi connectivity index (χ2v) is 5.56. The Bertz CT molecular complexity index is 607. The molecule has 116 valence electrons. The summed E-state index contributed by atoms with van der Waals surface area (Å²) in [5.74, 6) is 0.372. The lowest BCUT2D eigenvalue weighted by Crippen LogP contribution is -2.34. The molecule has 0 bridgehead atoms. The average Bonchev–Trinajstić information content (AvgIpc) is 2.79. The molecule has 0 saturated carbocycles. The van der Waals surface area contributed by atoms with Crippen molar-refractivity contribution in [3.63, 3.8) is 0 Å². The Kier molecular flexibility index (Phi) is 4.95.